The van der Waals surface area contributed by atoms with E-state index in [1.807, 2.05) is 39.0 Å². The number of fused-ring (bicyclic) bond motifs is 1. The Bertz CT molecular complexity index is 1910. The lowest BCUT2D eigenvalue weighted by Crippen LogP contribution is -2.48. The van der Waals surface area contributed by atoms with Crippen LogP contribution in [0.5, 0.6) is 11.6 Å². The second-order valence-electron chi connectivity index (χ2n) is 18.9. The zero-order valence-corrected chi connectivity index (χ0v) is 34.3. The number of benzene rings is 1. The van der Waals surface area contributed by atoms with Gasteiger partial charge in [-0.3, -0.25) is 23.9 Å². The van der Waals surface area contributed by atoms with Crippen LogP contribution in [0.4, 0.5) is 0 Å². The van der Waals surface area contributed by atoms with E-state index in [4.69, 9.17) is 9.47 Å². The highest BCUT2D eigenvalue weighted by Crippen LogP contribution is 2.57. The van der Waals surface area contributed by atoms with Crippen LogP contribution in [0.15, 0.2) is 43.1 Å². The summed E-state index contributed by atoms with van der Waals surface area (Å²) in [6.07, 6.45) is 4.90. The number of sulfonamides is 1. The normalized spacial score (nSPS) is 23.8. The van der Waals surface area contributed by atoms with Crippen molar-refractivity contribution < 1.29 is 37.1 Å². The van der Waals surface area contributed by atoms with Crippen LogP contribution in [-0.4, -0.2) is 72.7 Å². The van der Waals surface area contributed by atoms with E-state index in [1.165, 1.54) is 4.90 Å². The number of amides is 2. The molecule has 1 aromatic carbocycles. The summed E-state index contributed by atoms with van der Waals surface area (Å²) in [5.74, 6) is -1.50. The molecule has 12 heteroatoms. The average molecular weight is 766 g/mol. The quantitative estimate of drug-likeness (QED) is 0.182. The smallest absolute Gasteiger partial charge is 0.240 e. The molecule has 1 aliphatic heterocycles. The summed E-state index contributed by atoms with van der Waals surface area (Å²) in [6, 6.07) is 6.40. The second-order valence-corrected chi connectivity index (χ2v) is 20.9. The molecule has 2 aliphatic carbocycles. The number of methoxy groups -OCH3 is 1. The molecular formula is C42H59N3O8S. The van der Waals surface area contributed by atoms with E-state index in [1.54, 1.807) is 25.4 Å². The summed E-state index contributed by atoms with van der Waals surface area (Å²) in [6.45, 7) is 20.3. The van der Waals surface area contributed by atoms with E-state index < -0.39 is 50.1 Å². The number of carbonyl (C=O) groups excluding carboxylic acids is 4. The third-order valence-corrected chi connectivity index (χ3v) is 13.0. The van der Waals surface area contributed by atoms with Crippen molar-refractivity contribution in [1.29, 1.82) is 0 Å². The van der Waals surface area contributed by atoms with E-state index >= 15 is 0 Å². The Morgan fingerprint density at radius 3 is 2.33 bits per heavy atom. The van der Waals surface area contributed by atoms with Gasteiger partial charge in [0.2, 0.25) is 27.7 Å². The Morgan fingerprint density at radius 2 is 1.76 bits per heavy atom. The van der Waals surface area contributed by atoms with Crippen LogP contribution in [0.3, 0.4) is 0 Å². The number of nitrogens with one attached hydrogen (secondary N) is 1. The minimum Gasteiger partial charge on any atom is -0.497 e. The average Bonchev–Trinajstić information content (AvgIpc) is 3.98. The topological polar surface area (TPSA) is 149 Å². The molecule has 0 radical (unpaired) electrons. The summed E-state index contributed by atoms with van der Waals surface area (Å²) >= 11 is 0. The number of pyridine rings is 1. The van der Waals surface area contributed by atoms with Crippen molar-refractivity contribution in [2.24, 2.45) is 33.5 Å². The number of allylic oxidation sites excluding steroid dienone is 1. The van der Waals surface area contributed by atoms with Gasteiger partial charge in [-0.05, 0) is 77.5 Å². The highest BCUT2D eigenvalue weighted by Gasteiger charge is 2.61. The Morgan fingerprint density at radius 1 is 1.07 bits per heavy atom. The minimum absolute atomic E-state index is 0.0120. The Labute approximate surface area is 321 Å². The molecule has 0 bridgehead atoms. The number of ether oxygens (including phenoxy) is 2. The maximum Gasteiger partial charge on any atom is 0.240 e. The molecule has 1 unspecified atom stereocenters. The molecule has 2 saturated carbocycles. The Hall–Kier alpha value is -3.80. The van der Waals surface area contributed by atoms with Crippen LogP contribution in [-0.2, 0) is 29.2 Å². The molecule has 2 amide bonds. The third-order valence-electron chi connectivity index (χ3n) is 11.1. The van der Waals surface area contributed by atoms with Crippen LogP contribution in [0.25, 0.3) is 10.8 Å². The maximum atomic E-state index is 14.8. The summed E-state index contributed by atoms with van der Waals surface area (Å²) < 4.78 is 39.6. The van der Waals surface area contributed by atoms with Crippen LogP contribution >= 0.6 is 0 Å². The van der Waals surface area contributed by atoms with Gasteiger partial charge in [0.1, 0.15) is 17.6 Å². The highest BCUT2D eigenvalue weighted by atomic mass is 32.2. The largest absolute Gasteiger partial charge is 0.497 e. The fourth-order valence-corrected chi connectivity index (χ4v) is 9.93. The molecule has 1 saturated heterocycles. The van der Waals surface area contributed by atoms with Gasteiger partial charge in [0, 0.05) is 43.2 Å². The molecule has 296 valence electrons. The number of carbonyl (C=O) groups is 4. The highest BCUT2D eigenvalue weighted by molar-refractivity contribution is 7.90. The molecule has 0 spiro atoms. The first kappa shape index (κ1) is 41.4. The van der Waals surface area contributed by atoms with E-state index in [9.17, 15) is 27.6 Å². The number of hydrogen-bond acceptors (Lipinski definition) is 9. The van der Waals surface area contributed by atoms with Crippen molar-refractivity contribution >= 4 is 44.2 Å². The monoisotopic (exact) mass is 765 g/mol. The number of Topliss-reactive ketones (excluding diaryl/α,β-unsaturated/α-hetero) is 2. The lowest BCUT2D eigenvalue weighted by molar-refractivity contribution is -0.146. The molecule has 1 N–H and O–H groups in total. The van der Waals surface area contributed by atoms with Crippen LogP contribution in [0, 0.1) is 33.5 Å². The molecule has 1 aromatic heterocycles. The van der Waals surface area contributed by atoms with Crippen molar-refractivity contribution in [3.05, 3.63) is 43.1 Å². The predicted octanol–water partition coefficient (Wildman–Crippen LogP) is 6.83. The van der Waals surface area contributed by atoms with Gasteiger partial charge in [-0.1, -0.05) is 61.5 Å². The van der Waals surface area contributed by atoms with Crippen molar-refractivity contribution in [3.63, 3.8) is 0 Å². The lowest BCUT2D eigenvalue weighted by Gasteiger charge is -2.36. The van der Waals surface area contributed by atoms with Gasteiger partial charge in [0.25, 0.3) is 0 Å². The zero-order chi connectivity index (χ0) is 40.0. The minimum atomic E-state index is -3.85. The van der Waals surface area contributed by atoms with Gasteiger partial charge < -0.3 is 14.4 Å². The first-order valence-electron chi connectivity index (χ1n) is 19.1. The molecule has 3 fully saturated rings. The van der Waals surface area contributed by atoms with Crippen molar-refractivity contribution in [2.75, 3.05) is 13.7 Å². The fraction of sp³-hybridized carbons (Fsp3) is 0.643. The Balaban J connectivity index is 1.44. The molecule has 5 rings (SSSR count). The van der Waals surface area contributed by atoms with Crippen LogP contribution in [0.2, 0.25) is 0 Å². The third kappa shape index (κ3) is 9.52. The first-order chi connectivity index (χ1) is 25.0. The van der Waals surface area contributed by atoms with Crippen LogP contribution < -0.4 is 14.2 Å². The summed E-state index contributed by atoms with van der Waals surface area (Å²) in [7, 11) is -2.26. The summed E-state index contributed by atoms with van der Waals surface area (Å²) in [5.41, 5.74) is -2.14. The molecule has 5 atom stereocenters. The van der Waals surface area contributed by atoms with Gasteiger partial charge >= 0.3 is 0 Å². The van der Waals surface area contributed by atoms with Crippen LogP contribution in [0.1, 0.15) is 107 Å². The number of likely N-dealkylation sites (tertiary alicyclic amines) is 1. The summed E-state index contributed by atoms with van der Waals surface area (Å²) in [5, 5.41) is 0.981. The SMILES string of the molecule is C=C[C@@H]1C[C@]1(CC(=O)[C@@H]1CC(Oc2nccc3cc(OC)ccc23)CN1C(=O)[C@@H](CC(=O)CC(C)(C)CC(C)(C)C)C(C)(C)C)C(=O)NS(=O)(=O)C1CC1. The molecule has 11 nitrogen and oxygen atoms in total. The molecular weight excluding hydrogens is 707 g/mol. The molecule has 2 heterocycles. The maximum absolute atomic E-state index is 14.8. The molecule has 3 aliphatic rings. The molecule has 2 aromatic rings. The standard InChI is InChI=1S/C42H59N3O8S/c1-11-27-21-42(27,38(49)44-54(50,51)31-13-14-31)23-35(47)34-20-30(53-36-32-15-12-29(52-10)18-26(32)16-17-43-36)24-45(34)37(48)33(40(5,6)7)19-28(46)22-41(8,9)25-39(2,3)4/h11-12,15-18,27,30-31,33-34H,1,13-14,19-25H2,2-10H3,(H,44,49)/t27-,30?,33-,34+,42-/m1/s1. The van der Waals surface area contributed by atoms with E-state index in [2.05, 4.69) is 50.9 Å². The fourth-order valence-electron chi connectivity index (χ4n) is 8.54. The number of aromatic nitrogens is 1. The second kappa shape index (κ2) is 15.0. The van der Waals surface area contributed by atoms with Crippen molar-refractivity contribution in [1.82, 2.24) is 14.6 Å². The number of rotatable bonds is 16. The lowest BCUT2D eigenvalue weighted by atomic mass is 9.71. The zero-order valence-electron chi connectivity index (χ0n) is 33.5. The Kier molecular flexibility index (Phi) is 11.5. The number of hydrogen-bond donors (Lipinski definition) is 1. The van der Waals surface area contributed by atoms with Gasteiger partial charge in [0.15, 0.2) is 5.78 Å². The van der Waals surface area contributed by atoms with Gasteiger partial charge in [-0.25, -0.2) is 13.4 Å². The summed E-state index contributed by atoms with van der Waals surface area (Å²) in [4.78, 5) is 62.6. The predicted molar refractivity (Wildman–Crippen MR) is 208 cm³/mol. The van der Waals surface area contributed by atoms with Crippen molar-refractivity contribution in [2.45, 2.75) is 124 Å². The number of nitrogens with zero attached hydrogens (tertiary/aromatic N) is 2. The van der Waals surface area contributed by atoms with Gasteiger partial charge in [0.05, 0.1) is 30.4 Å². The van der Waals surface area contributed by atoms with E-state index in [0.29, 0.717) is 30.9 Å². The van der Waals surface area contributed by atoms with Gasteiger partial charge in [-0.2, -0.15) is 0 Å². The van der Waals surface area contributed by atoms with Crippen molar-refractivity contribution in [3.8, 4) is 11.6 Å². The van der Waals surface area contributed by atoms with E-state index in [-0.39, 0.29) is 66.4 Å². The van der Waals surface area contributed by atoms with Gasteiger partial charge in [-0.15, -0.1) is 6.58 Å². The number of ketones is 2. The molecule has 54 heavy (non-hydrogen) atoms. The van der Waals surface area contributed by atoms with E-state index in [0.717, 1.165) is 17.2 Å². The first-order valence-corrected chi connectivity index (χ1v) is 20.7.